The lowest BCUT2D eigenvalue weighted by atomic mass is 10.2. The summed E-state index contributed by atoms with van der Waals surface area (Å²) >= 11 is 8.93. The summed E-state index contributed by atoms with van der Waals surface area (Å²) in [6, 6.07) is 4.81. The van der Waals surface area contributed by atoms with Crippen LogP contribution in [0.15, 0.2) is 22.7 Å². The highest BCUT2D eigenvalue weighted by molar-refractivity contribution is 9.10. The molecule has 0 saturated carbocycles. The summed E-state index contributed by atoms with van der Waals surface area (Å²) in [7, 11) is 0. The van der Waals surface area contributed by atoms with E-state index in [4.69, 9.17) is 17.3 Å². The molecule has 6 heteroatoms. The van der Waals surface area contributed by atoms with Crippen LogP contribution >= 0.6 is 27.5 Å². The number of primary amides is 1. The van der Waals surface area contributed by atoms with Gasteiger partial charge < -0.3 is 11.1 Å². The van der Waals surface area contributed by atoms with Gasteiger partial charge in [-0.2, -0.15) is 0 Å². The van der Waals surface area contributed by atoms with E-state index in [1.807, 2.05) is 0 Å². The van der Waals surface area contributed by atoms with Crippen molar-refractivity contribution in [1.29, 1.82) is 0 Å². The summed E-state index contributed by atoms with van der Waals surface area (Å²) < 4.78 is 0.605. The molecule has 1 aromatic carbocycles. The summed E-state index contributed by atoms with van der Waals surface area (Å²) in [6.45, 7) is -0.197. The molecule has 0 unspecified atom stereocenters. The lowest BCUT2D eigenvalue weighted by Crippen LogP contribution is -2.33. The van der Waals surface area contributed by atoms with E-state index in [1.54, 1.807) is 12.1 Å². The number of carbonyl (C=O) groups excluding carboxylic acids is 2. The van der Waals surface area contributed by atoms with Crippen molar-refractivity contribution in [3.8, 4) is 0 Å². The Morgan fingerprint density at radius 3 is 2.73 bits per heavy atom. The highest BCUT2D eigenvalue weighted by Crippen LogP contribution is 2.20. The first-order valence-corrected chi connectivity index (χ1v) is 5.19. The van der Waals surface area contributed by atoms with Crippen LogP contribution in [0.5, 0.6) is 0 Å². The number of benzene rings is 1. The van der Waals surface area contributed by atoms with Gasteiger partial charge in [0.15, 0.2) is 0 Å². The fourth-order valence-electron chi connectivity index (χ4n) is 0.934. The maximum atomic E-state index is 11.5. The van der Waals surface area contributed by atoms with E-state index >= 15 is 0 Å². The first-order chi connectivity index (χ1) is 7.00. The standard InChI is InChI=1S/C9H8BrClN2O2/c10-7-2-1-5(11)3-6(7)9(15)13-4-8(12)14/h1-3H,4H2,(H2,12,14)(H,13,15). The van der Waals surface area contributed by atoms with Crippen LogP contribution in [-0.4, -0.2) is 18.4 Å². The average Bonchev–Trinajstić information content (AvgIpc) is 2.18. The van der Waals surface area contributed by atoms with Gasteiger partial charge in [0.1, 0.15) is 0 Å². The summed E-state index contributed by atoms with van der Waals surface area (Å²) in [5.41, 5.74) is 5.26. The number of hydrogen-bond acceptors (Lipinski definition) is 2. The maximum Gasteiger partial charge on any atom is 0.252 e. The number of hydrogen-bond donors (Lipinski definition) is 2. The number of carbonyl (C=O) groups is 2. The Hall–Kier alpha value is -1.07. The average molecular weight is 292 g/mol. The number of halogens is 2. The lowest BCUT2D eigenvalue weighted by Gasteiger charge is -2.05. The van der Waals surface area contributed by atoms with E-state index in [9.17, 15) is 9.59 Å². The molecule has 80 valence electrons. The van der Waals surface area contributed by atoms with Gasteiger partial charge in [-0.1, -0.05) is 11.6 Å². The predicted octanol–water partition coefficient (Wildman–Crippen LogP) is 1.32. The molecule has 2 amide bonds. The van der Waals surface area contributed by atoms with Crippen LogP contribution in [-0.2, 0) is 4.79 Å². The van der Waals surface area contributed by atoms with Gasteiger partial charge in [-0.25, -0.2) is 0 Å². The van der Waals surface area contributed by atoms with Crippen LogP contribution in [0.4, 0.5) is 0 Å². The fourth-order valence-corrected chi connectivity index (χ4v) is 1.53. The zero-order valence-corrected chi connectivity index (χ0v) is 9.93. The van der Waals surface area contributed by atoms with Gasteiger partial charge in [-0.05, 0) is 34.1 Å². The summed E-state index contributed by atoms with van der Waals surface area (Å²) in [5.74, 6) is -0.996. The summed E-state index contributed by atoms with van der Waals surface area (Å²) in [4.78, 5) is 22.0. The van der Waals surface area contributed by atoms with Gasteiger partial charge in [0.25, 0.3) is 5.91 Å². The molecule has 0 aliphatic rings. The molecule has 15 heavy (non-hydrogen) atoms. The highest BCUT2D eigenvalue weighted by Gasteiger charge is 2.10. The third-order valence-electron chi connectivity index (χ3n) is 1.60. The largest absolute Gasteiger partial charge is 0.368 e. The second-order valence-electron chi connectivity index (χ2n) is 2.77. The third-order valence-corrected chi connectivity index (χ3v) is 2.52. The van der Waals surface area contributed by atoms with E-state index in [0.717, 1.165) is 0 Å². The van der Waals surface area contributed by atoms with Crippen molar-refractivity contribution >= 4 is 39.3 Å². The molecule has 3 N–H and O–H groups in total. The molecule has 4 nitrogen and oxygen atoms in total. The molecule has 0 aliphatic heterocycles. The lowest BCUT2D eigenvalue weighted by molar-refractivity contribution is -0.117. The molecule has 0 bridgehead atoms. The Labute approximate surface area is 99.9 Å². The zero-order valence-electron chi connectivity index (χ0n) is 7.59. The molecule has 1 aromatic rings. The molecule has 0 saturated heterocycles. The molecular formula is C9H8BrClN2O2. The van der Waals surface area contributed by atoms with E-state index in [1.165, 1.54) is 6.07 Å². The van der Waals surface area contributed by atoms with Crippen molar-refractivity contribution in [1.82, 2.24) is 5.32 Å². The minimum absolute atomic E-state index is 0.197. The van der Waals surface area contributed by atoms with Crippen molar-refractivity contribution < 1.29 is 9.59 Å². The smallest absolute Gasteiger partial charge is 0.252 e. The first-order valence-electron chi connectivity index (χ1n) is 4.02. The van der Waals surface area contributed by atoms with E-state index in [-0.39, 0.29) is 6.54 Å². The van der Waals surface area contributed by atoms with E-state index in [0.29, 0.717) is 15.1 Å². The Morgan fingerprint density at radius 1 is 1.47 bits per heavy atom. The topological polar surface area (TPSA) is 72.2 Å². The Bertz CT molecular complexity index is 409. The van der Waals surface area contributed by atoms with Gasteiger partial charge in [0.05, 0.1) is 12.1 Å². The van der Waals surface area contributed by atoms with E-state index < -0.39 is 11.8 Å². The summed E-state index contributed by atoms with van der Waals surface area (Å²) in [5, 5.41) is 2.81. The normalized spacial score (nSPS) is 9.73. The highest BCUT2D eigenvalue weighted by atomic mass is 79.9. The number of nitrogens with one attached hydrogen (secondary N) is 1. The van der Waals surface area contributed by atoms with Gasteiger partial charge in [0, 0.05) is 9.50 Å². The number of amides is 2. The second kappa shape index (κ2) is 5.14. The summed E-state index contributed by atoms with van der Waals surface area (Å²) in [6.07, 6.45) is 0. The fraction of sp³-hybridized carbons (Fsp3) is 0.111. The molecule has 0 atom stereocenters. The second-order valence-corrected chi connectivity index (χ2v) is 4.06. The molecular weight excluding hydrogens is 283 g/mol. The monoisotopic (exact) mass is 290 g/mol. The van der Waals surface area contributed by atoms with Crippen molar-refractivity contribution in [3.63, 3.8) is 0 Å². The minimum Gasteiger partial charge on any atom is -0.368 e. The van der Waals surface area contributed by atoms with Crippen LogP contribution in [0.1, 0.15) is 10.4 Å². The SMILES string of the molecule is NC(=O)CNC(=O)c1cc(Cl)ccc1Br. The van der Waals surface area contributed by atoms with Crippen molar-refractivity contribution in [2.75, 3.05) is 6.54 Å². The Kier molecular flexibility index (Phi) is 4.11. The van der Waals surface area contributed by atoms with Crippen LogP contribution in [0, 0.1) is 0 Å². The zero-order chi connectivity index (χ0) is 11.4. The third kappa shape index (κ3) is 3.53. The van der Waals surface area contributed by atoms with Gasteiger partial charge in [0.2, 0.25) is 5.91 Å². The van der Waals surface area contributed by atoms with Crippen LogP contribution in [0.25, 0.3) is 0 Å². The van der Waals surface area contributed by atoms with Crippen molar-refractivity contribution in [3.05, 3.63) is 33.3 Å². The minimum atomic E-state index is -0.596. The quantitative estimate of drug-likeness (QED) is 0.881. The molecule has 1 rings (SSSR count). The Morgan fingerprint density at radius 2 is 2.13 bits per heavy atom. The molecule has 0 spiro atoms. The van der Waals surface area contributed by atoms with Gasteiger partial charge in [-0.15, -0.1) is 0 Å². The van der Waals surface area contributed by atoms with Gasteiger partial charge in [-0.3, -0.25) is 9.59 Å². The van der Waals surface area contributed by atoms with Crippen molar-refractivity contribution in [2.24, 2.45) is 5.73 Å². The molecule has 0 aliphatic carbocycles. The van der Waals surface area contributed by atoms with Crippen molar-refractivity contribution in [2.45, 2.75) is 0 Å². The molecule has 0 heterocycles. The Balaban J connectivity index is 2.81. The molecule has 0 fully saturated rings. The number of nitrogens with two attached hydrogens (primary N) is 1. The molecule has 0 aromatic heterocycles. The van der Waals surface area contributed by atoms with Gasteiger partial charge >= 0.3 is 0 Å². The predicted molar refractivity (Wildman–Crippen MR) is 60.7 cm³/mol. The van der Waals surface area contributed by atoms with Crippen LogP contribution in [0.2, 0.25) is 5.02 Å². The van der Waals surface area contributed by atoms with Crippen LogP contribution < -0.4 is 11.1 Å². The number of rotatable bonds is 3. The van der Waals surface area contributed by atoms with Crippen LogP contribution in [0.3, 0.4) is 0 Å². The van der Waals surface area contributed by atoms with E-state index in [2.05, 4.69) is 21.2 Å². The maximum absolute atomic E-state index is 11.5. The molecule has 0 radical (unpaired) electrons. The first kappa shape index (κ1) is 12.0.